The highest BCUT2D eigenvalue weighted by molar-refractivity contribution is 6.20. The van der Waals surface area contributed by atoms with Crippen LogP contribution in [0.4, 0.5) is 0 Å². The lowest BCUT2D eigenvalue weighted by Gasteiger charge is -2.10. The number of carbonyl (C=O) groups excluding carboxylic acids is 1. The molecule has 138 valence electrons. The maximum atomic E-state index is 12.5. The number of nitrogens with zero attached hydrogens (tertiary/aromatic N) is 5. The van der Waals surface area contributed by atoms with Gasteiger partial charge in [-0.3, -0.25) is 0 Å². The molecule has 0 aliphatic rings. The molecular formula is C20H21N5O2. The molecule has 3 aromatic rings. The van der Waals surface area contributed by atoms with Crippen molar-refractivity contribution >= 4 is 17.7 Å². The number of hydrogen-bond donors (Lipinski definition) is 0. The van der Waals surface area contributed by atoms with E-state index >= 15 is 0 Å². The summed E-state index contributed by atoms with van der Waals surface area (Å²) in [6, 6.07) is 6.14. The molecule has 0 unspecified atom stereocenters. The van der Waals surface area contributed by atoms with Crippen molar-refractivity contribution in [2.45, 2.75) is 33.8 Å². The molecule has 0 fully saturated rings. The second kappa shape index (κ2) is 7.90. The maximum absolute atomic E-state index is 12.5. The third kappa shape index (κ3) is 4.63. The van der Waals surface area contributed by atoms with Gasteiger partial charge in [-0.05, 0) is 39.8 Å². The van der Waals surface area contributed by atoms with Crippen LogP contribution in [0.1, 0.15) is 30.5 Å². The first-order valence-corrected chi connectivity index (χ1v) is 8.60. The molecule has 27 heavy (non-hydrogen) atoms. The first-order valence-electron chi connectivity index (χ1n) is 8.60. The zero-order chi connectivity index (χ0) is 19.4. The Kier molecular flexibility index (Phi) is 5.40. The van der Waals surface area contributed by atoms with E-state index in [0.29, 0.717) is 17.0 Å². The molecule has 0 amide bonds. The monoisotopic (exact) mass is 363 g/mol. The Hall–Kier alpha value is -3.35. The summed E-state index contributed by atoms with van der Waals surface area (Å²) in [4.78, 5) is 24.8. The highest BCUT2D eigenvalue weighted by Gasteiger charge is 2.17. The van der Waals surface area contributed by atoms with Crippen LogP contribution in [-0.4, -0.2) is 36.8 Å². The minimum atomic E-state index is -0.469. The van der Waals surface area contributed by atoms with Gasteiger partial charge in [-0.25, -0.2) is 24.4 Å². The molecule has 0 aliphatic heterocycles. The summed E-state index contributed by atoms with van der Waals surface area (Å²) >= 11 is 0. The Morgan fingerprint density at radius 1 is 1.11 bits per heavy atom. The molecule has 0 spiro atoms. The molecule has 0 N–H and O–H groups in total. The predicted octanol–water partition coefficient (Wildman–Crippen LogP) is 3.30. The van der Waals surface area contributed by atoms with Gasteiger partial charge in [0.25, 0.3) is 0 Å². The van der Waals surface area contributed by atoms with Crippen molar-refractivity contribution in [3.8, 4) is 11.4 Å². The zero-order valence-corrected chi connectivity index (χ0v) is 15.7. The molecule has 7 heteroatoms. The van der Waals surface area contributed by atoms with E-state index in [4.69, 9.17) is 4.74 Å². The van der Waals surface area contributed by atoms with Gasteiger partial charge in [0.15, 0.2) is 5.82 Å². The lowest BCUT2D eigenvalue weighted by atomic mass is 10.1. The molecule has 2 heterocycles. The van der Waals surface area contributed by atoms with Crippen LogP contribution in [0.15, 0.2) is 43.2 Å². The van der Waals surface area contributed by atoms with Gasteiger partial charge in [0.05, 0.1) is 11.7 Å². The average Bonchev–Trinajstić information content (AvgIpc) is 3.08. The quantitative estimate of drug-likeness (QED) is 0.511. The third-order valence-electron chi connectivity index (χ3n) is 3.68. The molecule has 7 nitrogen and oxygen atoms in total. The van der Waals surface area contributed by atoms with Gasteiger partial charge in [-0.2, -0.15) is 0 Å². The number of ether oxygens (including phenoxy) is 1. The number of hydrogen-bond acceptors (Lipinski definition) is 6. The molecule has 2 aromatic heterocycles. The summed E-state index contributed by atoms with van der Waals surface area (Å²) in [6.07, 6.45) is 7.40. The van der Waals surface area contributed by atoms with E-state index in [1.54, 1.807) is 38.8 Å². The minimum absolute atomic E-state index is 0.243. The maximum Gasteiger partial charge on any atom is 0.340 e. The lowest BCUT2D eigenvalue weighted by molar-refractivity contribution is -0.140. The lowest BCUT2D eigenvalue weighted by Crippen LogP contribution is -2.14. The van der Waals surface area contributed by atoms with Crippen LogP contribution in [0.2, 0.25) is 0 Å². The second-order valence-corrected chi connectivity index (χ2v) is 6.55. The van der Waals surface area contributed by atoms with Gasteiger partial charge in [0, 0.05) is 29.7 Å². The van der Waals surface area contributed by atoms with Gasteiger partial charge in [0.2, 0.25) is 0 Å². The van der Waals surface area contributed by atoms with Gasteiger partial charge < -0.3 is 4.74 Å². The van der Waals surface area contributed by atoms with Crippen molar-refractivity contribution in [2.75, 3.05) is 0 Å². The van der Waals surface area contributed by atoms with Gasteiger partial charge in [-0.1, -0.05) is 17.2 Å². The molecular weight excluding hydrogens is 342 g/mol. The van der Waals surface area contributed by atoms with Gasteiger partial charge in [0.1, 0.15) is 12.7 Å². The molecule has 3 rings (SSSR count). The summed E-state index contributed by atoms with van der Waals surface area (Å²) in [5, 5.41) is 4.47. The SMILES string of the molecule is Cc1cc(C)cc(-c2ncn(/C=C(/C(=O)OC(C)C)c3cncnc3)n2)c1. The van der Waals surface area contributed by atoms with E-state index in [-0.39, 0.29) is 6.10 Å². The van der Waals surface area contributed by atoms with Crippen molar-refractivity contribution in [1.82, 2.24) is 24.7 Å². The normalized spacial score (nSPS) is 11.7. The molecule has 0 bridgehead atoms. The number of carbonyl (C=O) groups is 1. The molecule has 0 radical (unpaired) electrons. The summed E-state index contributed by atoms with van der Waals surface area (Å²) in [5.74, 6) is 0.113. The third-order valence-corrected chi connectivity index (χ3v) is 3.68. The Bertz CT molecular complexity index is 957. The van der Waals surface area contributed by atoms with Crippen LogP contribution in [0.25, 0.3) is 23.2 Å². The summed E-state index contributed by atoms with van der Waals surface area (Å²) in [5.41, 5.74) is 4.06. The first-order chi connectivity index (χ1) is 12.9. The van der Waals surface area contributed by atoms with E-state index in [9.17, 15) is 4.79 Å². The highest BCUT2D eigenvalue weighted by Crippen LogP contribution is 2.20. The minimum Gasteiger partial charge on any atom is -0.459 e. The summed E-state index contributed by atoms with van der Waals surface area (Å²) < 4.78 is 6.83. The van der Waals surface area contributed by atoms with Gasteiger partial charge >= 0.3 is 5.97 Å². The van der Waals surface area contributed by atoms with Crippen LogP contribution in [0.3, 0.4) is 0 Å². The molecule has 1 aromatic carbocycles. The fourth-order valence-corrected chi connectivity index (χ4v) is 2.67. The molecule has 0 saturated heterocycles. The Morgan fingerprint density at radius 2 is 1.78 bits per heavy atom. The Morgan fingerprint density at radius 3 is 2.41 bits per heavy atom. The largest absolute Gasteiger partial charge is 0.459 e. The number of esters is 1. The standard InChI is InChI=1S/C20H21N5O2/c1-13(2)27-20(26)18(17-8-21-11-22-9-17)10-25-12-23-19(24-25)16-6-14(3)5-15(4)7-16/h5-13H,1-4H3/b18-10+. The fourth-order valence-electron chi connectivity index (χ4n) is 2.67. The molecule has 0 saturated carbocycles. The second-order valence-electron chi connectivity index (χ2n) is 6.55. The Labute approximate surface area is 157 Å². The summed E-state index contributed by atoms with van der Waals surface area (Å²) in [7, 11) is 0. The van der Waals surface area contributed by atoms with Gasteiger partial charge in [-0.15, -0.1) is 5.10 Å². The fraction of sp³-hybridized carbons (Fsp3) is 0.250. The van der Waals surface area contributed by atoms with E-state index in [1.807, 2.05) is 26.0 Å². The van der Waals surface area contributed by atoms with E-state index in [0.717, 1.165) is 16.7 Å². The van der Waals surface area contributed by atoms with Crippen molar-refractivity contribution in [3.05, 3.63) is 59.9 Å². The van der Waals surface area contributed by atoms with Crippen LogP contribution in [0.5, 0.6) is 0 Å². The highest BCUT2D eigenvalue weighted by atomic mass is 16.5. The smallest absolute Gasteiger partial charge is 0.340 e. The summed E-state index contributed by atoms with van der Waals surface area (Å²) in [6.45, 7) is 7.65. The van der Waals surface area contributed by atoms with E-state index < -0.39 is 5.97 Å². The Balaban J connectivity index is 1.98. The first kappa shape index (κ1) is 18.4. The number of rotatable bonds is 5. The average molecular weight is 363 g/mol. The van der Waals surface area contributed by atoms with Crippen LogP contribution in [0, 0.1) is 13.8 Å². The molecule has 0 atom stereocenters. The van der Waals surface area contributed by atoms with Crippen LogP contribution in [-0.2, 0) is 9.53 Å². The number of benzene rings is 1. The van der Waals surface area contributed by atoms with Crippen LogP contribution >= 0.6 is 0 Å². The number of aryl methyl sites for hydroxylation is 2. The van der Waals surface area contributed by atoms with Crippen molar-refractivity contribution in [1.29, 1.82) is 0 Å². The van der Waals surface area contributed by atoms with Crippen molar-refractivity contribution in [3.63, 3.8) is 0 Å². The topological polar surface area (TPSA) is 82.8 Å². The van der Waals surface area contributed by atoms with Crippen molar-refractivity contribution < 1.29 is 9.53 Å². The molecule has 0 aliphatic carbocycles. The van der Waals surface area contributed by atoms with E-state index in [1.165, 1.54) is 11.0 Å². The predicted molar refractivity (Wildman–Crippen MR) is 102 cm³/mol. The van der Waals surface area contributed by atoms with Crippen molar-refractivity contribution in [2.24, 2.45) is 0 Å². The zero-order valence-electron chi connectivity index (χ0n) is 15.7. The van der Waals surface area contributed by atoms with E-state index in [2.05, 4.69) is 26.1 Å². The van der Waals surface area contributed by atoms with Crippen LogP contribution < -0.4 is 0 Å². The number of aromatic nitrogens is 5.